The Bertz CT molecular complexity index is 333. The highest BCUT2D eigenvalue weighted by Gasteiger charge is 2.27. The summed E-state index contributed by atoms with van der Waals surface area (Å²) in [5, 5.41) is 0. The Morgan fingerprint density at radius 3 is 2.69 bits per heavy atom. The molecule has 0 amide bonds. The molecule has 0 saturated heterocycles. The van der Waals surface area contributed by atoms with Crippen molar-refractivity contribution in [3.63, 3.8) is 0 Å². The summed E-state index contributed by atoms with van der Waals surface area (Å²) >= 11 is 3.14. The molecule has 90 valence electrons. The van der Waals surface area contributed by atoms with Crippen molar-refractivity contribution < 1.29 is 22.6 Å². The Morgan fingerprint density at radius 1 is 1.31 bits per heavy atom. The monoisotopic (exact) mass is 299 g/mol. The molecule has 1 aromatic rings. The largest absolute Gasteiger partial charge is 0.488 e. The summed E-state index contributed by atoms with van der Waals surface area (Å²) in [7, 11) is 0. The third-order valence-corrected chi connectivity index (χ3v) is 2.07. The highest BCUT2D eigenvalue weighted by atomic mass is 79.9. The molecule has 0 saturated carbocycles. The number of alkyl halides is 3. The molecule has 0 fully saturated rings. The van der Waals surface area contributed by atoms with Crippen LogP contribution in [0.25, 0.3) is 0 Å². The molecule has 1 aromatic heterocycles. The highest BCUT2D eigenvalue weighted by Crippen LogP contribution is 2.20. The minimum absolute atomic E-state index is 0.0420. The standard InChI is InChI=1S/C9H9BrF3NO2/c10-8-7(2-1-3-14-8)16-5-4-15-6-9(11,12)13/h1-3H,4-6H2. The van der Waals surface area contributed by atoms with Crippen LogP contribution < -0.4 is 4.74 Å². The molecule has 0 radical (unpaired) electrons. The minimum atomic E-state index is -4.30. The molecule has 0 aliphatic heterocycles. The van der Waals surface area contributed by atoms with Crippen molar-refractivity contribution in [1.29, 1.82) is 0 Å². The molecule has 0 aromatic carbocycles. The fraction of sp³-hybridized carbons (Fsp3) is 0.444. The minimum Gasteiger partial charge on any atom is -0.488 e. The fourth-order valence-corrected chi connectivity index (χ4v) is 1.24. The molecule has 16 heavy (non-hydrogen) atoms. The molecule has 1 heterocycles. The van der Waals surface area contributed by atoms with Crippen LogP contribution in [0.15, 0.2) is 22.9 Å². The van der Waals surface area contributed by atoms with Crippen molar-refractivity contribution in [3.8, 4) is 5.75 Å². The summed E-state index contributed by atoms with van der Waals surface area (Å²) < 4.78 is 45.1. The van der Waals surface area contributed by atoms with E-state index in [-0.39, 0.29) is 13.2 Å². The number of aromatic nitrogens is 1. The maximum Gasteiger partial charge on any atom is 0.411 e. The van der Waals surface area contributed by atoms with E-state index < -0.39 is 12.8 Å². The van der Waals surface area contributed by atoms with Gasteiger partial charge in [0.25, 0.3) is 0 Å². The molecule has 0 aliphatic carbocycles. The number of hydrogen-bond donors (Lipinski definition) is 0. The van der Waals surface area contributed by atoms with Gasteiger partial charge in [-0.3, -0.25) is 0 Å². The van der Waals surface area contributed by atoms with Crippen LogP contribution in [0.2, 0.25) is 0 Å². The maximum absolute atomic E-state index is 11.7. The first kappa shape index (κ1) is 13.2. The third kappa shape index (κ3) is 5.32. The van der Waals surface area contributed by atoms with Crippen LogP contribution in [0.5, 0.6) is 5.75 Å². The van der Waals surface area contributed by atoms with Gasteiger partial charge in [-0.25, -0.2) is 4.98 Å². The van der Waals surface area contributed by atoms with Crippen molar-refractivity contribution in [3.05, 3.63) is 22.9 Å². The van der Waals surface area contributed by atoms with Crippen molar-refractivity contribution in [1.82, 2.24) is 4.98 Å². The first-order chi connectivity index (χ1) is 7.49. The molecule has 0 aliphatic rings. The summed E-state index contributed by atoms with van der Waals surface area (Å²) in [4.78, 5) is 3.89. The van der Waals surface area contributed by atoms with Gasteiger partial charge in [0.1, 0.15) is 17.8 Å². The number of halogens is 4. The van der Waals surface area contributed by atoms with Gasteiger partial charge in [0, 0.05) is 6.20 Å². The average Bonchev–Trinajstić information content (AvgIpc) is 2.18. The number of pyridine rings is 1. The molecule has 7 heteroatoms. The highest BCUT2D eigenvalue weighted by molar-refractivity contribution is 9.10. The Balaban J connectivity index is 2.19. The van der Waals surface area contributed by atoms with Crippen molar-refractivity contribution in [2.24, 2.45) is 0 Å². The van der Waals surface area contributed by atoms with Gasteiger partial charge < -0.3 is 9.47 Å². The van der Waals surface area contributed by atoms with E-state index in [4.69, 9.17) is 4.74 Å². The van der Waals surface area contributed by atoms with E-state index in [1.54, 1.807) is 18.3 Å². The fourth-order valence-electron chi connectivity index (χ4n) is 0.877. The maximum atomic E-state index is 11.7. The van der Waals surface area contributed by atoms with Gasteiger partial charge in [0.05, 0.1) is 6.61 Å². The van der Waals surface area contributed by atoms with Gasteiger partial charge in [-0.15, -0.1) is 0 Å². The van der Waals surface area contributed by atoms with Crippen molar-refractivity contribution in [2.45, 2.75) is 6.18 Å². The van der Waals surface area contributed by atoms with Gasteiger partial charge in [-0.2, -0.15) is 13.2 Å². The number of rotatable bonds is 5. The topological polar surface area (TPSA) is 31.4 Å². The lowest BCUT2D eigenvalue weighted by atomic mass is 10.5. The van der Waals surface area contributed by atoms with Crippen LogP contribution in [0.1, 0.15) is 0 Å². The SMILES string of the molecule is FC(F)(F)COCCOc1cccnc1Br. The first-order valence-corrected chi connectivity index (χ1v) is 5.16. The van der Waals surface area contributed by atoms with E-state index in [0.29, 0.717) is 10.4 Å². The second kappa shape index (κ2) is 6.05. The lowest BCUT2D eigenvalue weighted by Gasteiger charge is -2.09. The van der Waals surface area contributed by atoms with E-state index in [2.05, 4.69) is 25.7 Å². The number of ether oxygens (including phenoxy) is 2. The van der Waals surface area contributed by atoms with Crippen LogP contribution in [0.3, 0.4) is 0 Å². The van der Waals surface area contributed by atoms with E-state index in [1.807, 2.05) is 0 Å². The van der Waals surface area contributed by atoms with Crippen LogP contribution in [0, 0.1) is 0 Å². The predicted octanol–water partition coefficient (Wildman–Crippen LogP) is 2.80. The lowest BCUT2D eigenvalue weighted by molar-refractivity contribution is -0.175. The second-order valence-corrected chi connectivity index (χ2v) is 3.56. The van der Waals surface area contributed by atoms with E-state index in [9.17, 15) is 13.2 Å². The summed E-state index contributed by atoms with van der Waals surface area (Å²) in [6.45, 7) is -1.34. The summed E-state index contributed by atoms with van der Waals surface area (Å²) in [5.74, 6) is 0.470. The average molecular weight is 300 g/mol. The Labute approximate surface area is 98.7 Å². The Kier molecular flexibility index (Phi) is 5.01. The van der Waals surface area contributed by atoms with E-state index >= 15 is 0 Å². The van der Waals surface area contributed by atoms with E-state index in [1.165, 1.54) is 0 Å². The molecular formula is C9H9BrF3NO2. The predicted molar refractivity (Wildman–Crippen MR) is 54.3 cm³/mol. The van der Waals surface area contributed by atoms with Gasteiger partial charge >= 0.3 is 6.18 Å². The van der Waals surface area contributed by atoms with Crippen molar-refractivity contribution in [2.75, 3.05) is 19.8 Å². The smallest absolute Gasteiger partial charge is 0.411 e. The first-order valence-electron chi connectivity index (χ1n) is 4.37. The Morgan fingerprint density at radius 2 is 2.06 bits per heavy atom. The summed E-state index contributed by atoms with van der Waals surface area (Å²) in [6.07, 6.45) is -2.73. The third-order valence-electron chi connectivity index (χ3n) is 1.48. The Hall–Kier alpha value is -0.820. The van der Waals surface area contributed by atoms with Gasteiger partial charge in [0.2, 0.25) is 0 Å². The normalized spacial score (nSPS) is 11.5. The van der Waals surface area contributed by atoms with Crippen molar-refractivity contribution >= 4 is 15.9 Å². The van der Waals surface area contributed by atoms with Crippen LogP contribution in [-0.2, 0) is 4.74 Å². The summed E-state index contributed by atoms with van der Waals surface area (Å²) in [5.41, 5.74) is 0. The summed E-state index contributed by atoms with van der Waals surface area (Å²) in [6, 6.07) is 3.32. The van der Waals surface area contributed by atoms with Crippen LogP contribution in [-0.4, -0.2) is 31.0 Å². The van der Waals surface area contributed by atoms with Crippen LogP contribution in [0.4, 0.5) is 13.2 Å². The molecule has 0 bridgehead atoms. The molecule has 0 unspecified atom stereocenters. The lowest BCUT2D eigenvalue weighted by Crippen LogP contribution is -2.19. The quantitative estimate of drug-likeness (QED) is 0.619. The molecule has 0 spiro atoms. The molecule has 0 N–H and O–H groups in total. The van der Waals surface area contributed by atoms with Gasteiger partial charge in [-0.05, 0) is 28.1 Å². The zero-order valence-corrected chi connectivity index (χ0v) is 9.71. The number of nitrogens with zero attached hydrogens (tertiary/aromatic N) is 1. The van der Waals surface area contributed by atoms with Gasteiger partial charge in [0.15, 0.2) is 5.75 Å². The van der Waals surface area contributed by atoms with Gasteiger partial charge in [-0.1, -0.05) is 0 Å². The zero-order chi connectivity index (χ0) is 12.0. The zero-order valence-electron chi connectivity index (χ0n) is 8.13. The number of hydrogen-bond acceptors (Lipinski definition) is 3. The molecular weight excluding hydrogens is 291 g/mol. The van der Waals surface area contributed by atoms with Crippen LogP contribution >= 0.6 is 15.9 Å². The molecule has 3 nitrogen and oxygen atoms in total. The van der Waals surface area contributed by atoms with E-state index in [0.717, 1.165) is 0 Å². The molecule has 1 rings (SSSR count). The second-order valence-electron chi connectivity index (χ2n) is 2.81. The molecule has 0 atom stereocenters.